The van der Waals surface area contributed by atoms with Crippen LogP contribution >= 0.6 is 15.9 Å². The van der Waals surface area contributed by atoms with Crippen LogP contribution in [0.4, 0.5) is 0 Å². The second-order valence-corrected chi connectivity index (χ2v) is 6.35. The average molecular weight is 403 g/mol. The maximum Gasteiger partial charge on any atom is 0.338 e. The zero-order valence-corrected chi connectivity index (χ0v) is 15.0. The Hall–Kier alpha value is -2.44. The Balaban J connectivity index is 1.78. The number of hydrogen-bond acceptors (Lipinski definition) is 5. The van der Waals surface area contributed by atoms with Gasteiger partial charge in [0.1, 0.15) is 12.2 Å². The lowest BCUT2D eigenvalue weighted by atomic mass is 10.1. The van der Waals surface area contributed by atoms with Gasteiger partial charge in [0.05, 0.1) is 12.2 Å². The van der Waals surface area contributed by atoms with Crippen molar-refractivity contribution in [2.24, 2.45) is 0 Å². The van der Waals surface area contributed by atoms with Gasteiger partial charge in [-0.15, -0.1) is 0 Å². The van der Waals surface area contributed by atoms with E-state index in [2.05, 4.69) is 15.9 Å². The summed E-state index contributed by atoms with van der Waals surface area (Å²) in [5, 5.41) is 0.728. The molecular formula is C19H15BrO5. The molecule has 0 saturated carbocycles. The first-order valence-electron chi connectivity index (χ1n) is 7.54. The van der Waals surface area contributed by atoms with Crippen LogP contribution in [0.25, 0.3) is 11.0 Å². The van der Waals surface area contributed by atoms with Crippen LogP contribution in [-0.2, 0) is 22.7 Å². The van der Waals surface area contributed by atoms with Crippen LogP contribution in [0.15, 0.2) is 62.2 Å². The van der Waals surface area contributed by atoms with E-state index in [4.69, 9.17) is 13.9 Å². The molecule has 6 heteroatoms. The number of carbonyl (C=O) groups excluding carboxylic acids is 1. The van der Waals surface area contributed by atoms with Gasteiger partial charge >= 0.3 is 11.6 Å². The van der Waals surface area contributed by atoms with Crippen LogP contribution in [0, 0.1) is 0 Å². The molecule has 5 nitrogen and oxygen atoms in total. The van der Waals surface area contributed by atoms with Crippen molar-refractivity contribution in [1.82, 2.24) is 0 Å². The van der Waals surface area contributed by atoms with E-state index in [0.717, 1.165) is 15.4 Å². The Morgan fingerprint density at radius 3 is 2.56 bits per heavy atom. The lowest BCUT2D eigenvalue weighted by Crippen LogP contribution is -2.08. The van der Waals surface area contributed by atoms with E-state index in [1.807, 2.05) is 24.3 Å². The van der Waals surface area contributed by atoms with Gasteiger partial charge in [0.25, 0.3) is 0 Å². The molecule has 0 saturated heterocycles. The first kappa shape index (κ1) is 17.4. The zero-order valence-electron chi connectivity index (χ0n) is 13.5. The number of fused-ring (bicyclic) bond motifs is 1. The predicted octanol–water partition coefficient (Wildman–Crippen LogP) is 4.06. The van der Waals surface area contributed by atoms with E-state index in [-0.39, 0.29) is 6.61 Å². The number of carbonyl (C=O) groups is 1. The smallest absolute Gasteiger partial charge is 0.338 e. The highest BCUT2D eigenvalue weighted by atomic mass is 79.9. The molecular weight excluding hydrogens is 388 g/mol. The van der Waals surface area contributed by atoms with Crippen molar-refractivity contribution in [2.45, 2.75) is 13.2 Å². The lowest BCUT2D eigenvalue weighted by Gasteiger charge is -2.08. The highest BCUT2D eigenvalue weighted by molar-refractivity contribution is 9.10. The summed E-state index contributed by atoms with van der Waals surface area (Å²) < 4.78 is 16.4. The third-order valence-electron chi connectivity index (χ3n) is 3.65. The molecule has 0 aliphatic carbocycles. The fraction of sp³-hybridized carbons (Fsp3) is 0.158. The minimum absolute atomic E-state index is 0.0115. The largest absolute Gasteiger partial charge is 0.457 e. The van der Waals surface area contributed by atoms with Gasteiger partial charge in [-0.05, 0) is 35.9 Å². The van der Waals surface area contributed by atoms with Gasteiger partial charge in [0.15, 0.2) is 0 Å². The minimum Gasteiger partial charge on any atom is -0.457 e. The van der Waals surface area contributed by atoms with Gasteiger partial charge in [-0.2, -0.15) is 0 Å². The molecule has 0 radical (unpaired) electrons. The van der Waals surface area contributed by atoms with Crippen molar-refractivity contribution in [2.75, 3.05) is 7.11 Å². The molecule has 0 bridgehead atoms. The topological polar surface area (TPSA) is 65.7 Å². The highest BCUT2D eigenvalue weighted by Gasteiger charge is 2.11. The van der Waals surface area contributed by atoms with E-state index in [0.29, 0.717) is 23.3 Å². The summed E-state index contributed by atoms with van der Waals surface area (Å²) in [5.74, 6) is -0.456. The predicted molar refractivity (Wildman–Crippen MR) is 96.5 cm³/mol. The molecule has 0 aliphatic rings. The fourth-order valence-corrected chi connectivity index (χ4v) is 2.79. The Morgan fingerprint density at radius 1 is 1.08 bits per heavy atom. The van der Waals surface area contributed by atoms with E-state index in [1.54, 1.807) is 25.3 Å². The van der Waals surface area contributed by atoms with Crippen LogP contribution in [0.5, 0.6) is 0 Å². The van der Waals surface area contributed by atoms with Gasteiger partial charge < -0.3 is 13.9 Å². The number of rotatable bonds is 5. The van der Waals surface area contributed by atoms with Gasteiger partial charge in [-0.3, -0.25) is 0 Å². The summed E-state index contributed by atoms with van der Waals surface area (Å²) in [5.41, 5.74) is 1.96. The van der Waals surface area contributed by atoms with Crippen molar-refractivity contribution in [3.8, 4) is 0 Å². The SMILES string of the molecule is COCc1ccc(C(=O)OCc2cc(=O)oc3cc(Br)ccc23)cc1. The average Bonchev–Trinajstić information content (AvgIpc) is 2.59. The second kappa shape index (κ2) is 7.63. The molecule has 0 N–H and O–H groups in total. The van der Waals surface area contributed by atoms with Gasteiger partial charge in [-0.1, -0.05) is 28.1 Å². The molecule has 2 aromatic carbocycles. The number of methoxy groups -OCH3 is 1. The third kappa shape index (κ3) is 4.15. The molecule has 0 spiro atoms. The number of hydrogen-bond donors (Lipinski definition) is 0. The van der Waals surface area contributed by atoms with E-state index in [9.17, 15) is 9.59 Å². The second-order valence-electron chi connectivity index (χ2n) is 5.44. The number of benzene rings is 2. The normalized spacial score (nSPS) is 10.8. The summed E-state index contributed by atoms with van der Waals surface area (Å²) in [6, 6.07) is 13.7. The molecule has 0 fully saturated rings. The third-order valence-corrected chi connectivity index (χ3v) is 4.14. The summed E-state index contributed by atoms with van der Waals surface area (Å²) in [6.45, 7) is 0.471. The molecule has 25 heavy (non-hydrogen) atoms. The number of halogens is 1. The zero-order chi connectivity index (χ0) is 17.8. The molecule has 1 aromatic heterocycles. The first-order valence-corrected chi connectivity index (χ1v) is 8.33. The molecule has 128 valence electrons. The molecule has 0 unspecified atom stereocenters. The van der Waals surface area contributed by atoms with Gasteiger partial charge in [0.2, 0.25) is 0 Å². The summed E-state index contributed by atoms with van der Waals surface area (Å²) in [4.78, 5) is 23.9. The highest BCUT2D eigenvalue weighted by Crippen LogP contribution is 2.22. The van der Waals surface area contributed by atoms with Crippen molar-refractivity contribution < 1.29 is 18.7 Å². The molecule has 3 aromatic rings. The van der Waals surface area contributed by atoms with Crippen LogP contribution < -0.4 is 5.63 Å². The fourth-order valence-electron chi connectivity index (χ4n) is 2.45. The van der Waals surface area contributed by atoms with E-state index >= 15 is 0 Å². The minimum atomic E-state index is -0.486. The molecule has 0 amide bonds. The summed E-state index contributed by atoms with van der Waals surface area (Å²) >= 11 is 3.33. The first-order chi connectivity index (χ1) is 12.1. The Labute approximate surface area is 152 Å². The molecule has 0 aliphatic heterocycles. The van der Waals surface area contributed by atoms with Crippen molar-refractivity contribution in [1.29, 1.82) is 0 Å². The van der Waals surface area contributed by atoms with E-state index < -0.39 is 11.6 Å². The molecule has 3 rings (SSSR count). The molecule has 1 heterocycles. The van der Waals surface area contributed by atoms with Crippen molar-refractivity contribution in [3.05, 3.63) is 80.1 Å². The van der Waals surface area contributed by atoms with Crippen LogP contribution in [0.2, 0.25) is 0 Å². The van der Waals surface area contributed by atoms with Crippen LogP contribution in [-0.4, -0.2) is 13.1 Å². The monoisotopic (exact) mass is 402 g/mol. The Morgan fingerprint density at radius 2 is 1.84 bits per heavy atom. The maximum absolute atomic E-state index is 12.2. The lowest BCUT2D eigenvalue weighted by molar-refractivity contribution is 0.0473. The maximum atomic E-state index is 12.2. The van der Waals surface area contributed by atoms with Crippen molar-refractivity contribution in [3.63, 3.8) is 0 Å². The molecule has 0 atom stereocenters. The van der Waals surface area contributed by atoms with Gasteiger partial charge in [0, 0.05) is 28.6 Å². The van der Waals surface area contributed by atoms with Crippen LogP contribution in [0.3, 0.4) is 0 Å². The number of ether oxygens (including phenoxy) is 2. The Bertz CT molecular complexity index is 960. The van der Waals surface area contributed by atoms with E-state index in [1.165, 1.54) is 6.07 Å². The summed E-state index contributed by atoms with van der Waals surface area (Å²) in [6.07, 6.45) is 0. The van der Waals surface area contributed by atoms with Crippen molar-refractivity contribution >= 4 is 32.9 Å². The van der Waals surface area contributed by atoms with Gasteiger partial charge in [-0.25, -0.2) is 9.59 Å². The summed E-state index contributed by atoms with van der Waals surface area (Å²) in [7, 11) is 1.61. The number of esters is 1. The Kier molecular flexibility index (Phi) is 5.31. The standard InChI is InChI=1S/C19H15BrO5/c1-23-10-12-2-4-13(5-3-12)19(22)24-11-14-8-18(21)25-17-9-15(20)6-7-16(14)17/h2-9H,10-11H2,1H3. The van der Waals surface area contributed by atoms with Crippen LogP contribution in [0.1, 0.15) is 21.5 Å². The quantitative estimate of drug-likeness (QED) is 0.475.